The second-order valence-electron chi connectivity index (χ2n) is 2.88. The second-order valence-corrected chi connectivity index (χ2v) is 3.29. The minimum atomic E-state index is -0.343. The molecule has 0 bridgehead atoms. The van der Waals surface area contributed by atoms with Crippen molar-refractivity contribution in [1.82, 2.24) is 0 Å². The smallest absolute Gasteiger partial charge is 0.124 e. The normalized spacial score (nSPS) is 11.8. The van der Waals surface area contributed by atoms with Gasteiger partial charge in [0.1, 0.15) is 5.82 Å². The van der Waals surface area contributed by atoms with Crippen molar-refractivity contribution in [3.63, 3.8) is 0 Å². The molecule has 1 aromatic carbocycles. The molecule has 0 aliphatic heterocycles. The van der Waals surface area contributed by atoms with E-state index in [9.17, 15) is 4.39 Å². The van der Waals surface area contributed by atoms with Gasteiger partial charge in [-0.1, -0.05) is 17.7 Å². The summed E-state index contributed by atoms with van der Waals surface area (Å²) in [6.07, 6.45) is 0.465. The van der Waals surface area contributed by atoms with Gasteiger partial charge in [0.25, 0.3) is 0 Å². The Kier molecular flexibility index (Phi) is 3.89. The fourth-order valence-electron chi connectivity index (χ4n) is 1.12. The first kappa shape index (κ1) is 11.0. The molecule has 0 aliphatic rings. The molecule has 2 nitrogen and oxygen atoms in total. The number of aliphatic imine (C=N–C) groups is 1. The average Bonchev–Trinajstić information content (AvgIpc) is 2.10. The van der Waals surface area contributed by atoms with Crippen LogP contribution in [0.25, 0.3) is 0 Å². The van der Waals surface area contributed by atoms with Crippen LogP contribution in [0.1, 0.15) is 12.5 Å². The third kappa shape index (κ3) is 3.00. The first-order valence-corrected chi connectivity index (χ1v) is 4.74. The van der Waals surface area contributed by atoms with Gasteiger partial charge in [-0.2, -0.15) is 0 Å². The van der Waals surface area contributed by atoms with Crippen LogP contribution >= 0.6 is 11.6 Å². The van der Waals surface area contributed by atoms with Gasteiger partial charge in [0.05, 0.1) is 5.84 Å². The van der Waals surface area contributed by atoms with Crippen molar-refractivity contribution >= 4 is 17.4 Å². The molecule has 1 aromatic rings. The van der Waals surface area contributed by atoms with Crippen LogP contribution in [-0.4, -0.2) is 12.4 Å². The third-order valence-corrected chi connectivity index (χ3v) is 2.10. The van der Waals surface area contributed by atoms with Crippen molar-refractivity contribution in [2.45, 2.75) is 13.3 Å². The zero-order chi connectivity index (χ0) is 10.6. The molecule has 2 N–H and O–H groups in total. The first-order valence-electron chi connectivity index (χ1n) is 4.36. The maximum absolute atomic E-state index is 12.7. The van der Waals surface area contributed by atoms with E-state index in [4.69, 9.17) is 17.3 Å². The minimum Gasteiger partial charge on any atom is -0.387 e. The van der Waals surface area contributed by atoms with Gasteiger partial charge in [-0.3, -0.25) is 4.99 Å². The predicted molar refractivity (Wildman–Crippen MR) is 57.3 cm³/mol. The quantitative estimate of drug-likeness (QED) is 0.609. The van der Waals surface area contributed by atoms with Gasteiger partial charge in [-0.15, -0.1) is 0 Å². The Morgan fingerprint density at radius 1 is 1.57 bits per heavy atom. The summed E-state index contributed by atoms with van der Waals surface area (Å²) < 4.78 is 12.7. The summed E-state index contributed by atoms with van der Waals surface area (Å²) in [5, 5.41) is 0.388. The Hall–Kier alpha value is -1.09. The minimum absolute atomic E-state index is 0.343. The van der Waals surface area contributed by atoms with Crippen LogP contribution in [0.2, 0.25) is 5.02 Å². The lowest BCUT2D eigenvalue weighted by Gasteiger charge is -2.03. The van der Waals surface area contributed by atoms with E-state index in [0.29, 0.717) is 23.8 Å². The summed E-state index contributed by atoms with van der Waals surface area (Å²) in [5.74, 6) is 0.172. The van der Waals surface area contributed by atoms with Crippen molar-refractivity contribution < 1.29 is 4.39 Å². The highest BCUT2D eigenvalue weighted by atomic mass is 35.5. The highest BCUT2D eigenvalue weighted by Gasteiger charge is 2.03. The summed E-state index contributed by atoms with van der Waals surface area (Å²) in [5.41, 5.74) is 6.42. The van der Waals surface area contributed by atoms with E-state index in [1.807, 2.05) is 6.92 Å². The fourth-order valence-corrected chi connectivity index (χ4v) is 1.35. The van der Waals surface area contributed by atoms with E-state index in [-0.39, 0.29) is 5.82 Å². The first-order chi connectivity index (χ1) is 6.63. The summed E-state index contributed by atoms with van der Waals surface area (Å²) in [6.45, 7) is 2.55. The Morgan fingerprint density at radius 3 is 2.86 bits per heavy atom. The molecular formula is C10H12ClFN2. The molecular weight excluding hydrogens is 203 g/mol. The van der Waals surface area contributed by atoms with Crippen LogP contribution < -0.4 is 5.73 Å². The molecule has 0 heterocycles. The van der Waals surface area contributed by atoms with Gasteiger partial charge in [-0.25, -0.2) is 4.39 Å². The van der Waals surface area contributed by atoms with Crippen LogP contribution in [0.4, 0.5) is 4.39 Å². The number of amidine groups is 1. The molecule has 0 unspecified atom stereocenters. The molecule has 0 atom stereocenters. The summed E-state index contributed by atoms with van der Waals surface area (Å²) in [7, 11) is 0. The lowest BCUT2D eigenvalue weighted by Crippen LogP contribution is -2.15. The molecule has 0 spiro atoms. The monoisotopic (exact) mass is 214 g/mol. The maximum Gasteiger partial charge on any atom is 0.124 e. The zero-order valence-electron chi connectivity index (χ0n) is 7.93. The predicted octanol–water partition coefficient (Wildman–Crippen LogP) is 2.40. The van der Waals surface area contributed by atoms with Crippen LogP contribution in [0.3, 0.4) is 0 Å². The van der Waals surface area contributed by atoms with Crippen molar-refractivity contribution in [2.24, 2.45) is 10.7 Å². The van der Waals surface area contributed by atoms with Crippen molar-refractivity contribution in [3.8, 4) is 0 Å². The number of hydrogen-bond donors (Lipinski definition) is 1. The van der Waals surface area contributed by atoms with E-state index in [2.05, 4.69) is 4.99 Å². The molecule has 0 saturated heterocycles. The van der Waals surface area contributed by atoms with Crippen molar-refractivity contribution in [2.75, 3.05) is 6.54 Å². The molecule has 76 valence electrons. The van der Waals surface area contributed by atoms with Crippen LogP contribution in [-0.2, 0) is 6.42 Å². The summed E-state index contributed by atoms with van der Waals surface area (Å²) >= 11 is 5.82. The van der Waals surface area contributed by atoms with Gasteiger partial charge in [0.15, 0.2) is 0 Å². The Morgan fingerprint density at radius 2 is 2.29 bits per heavy atom. The zero-order valence-corrected chi connectivity index (χ0v) is 8.68. The topological polar surface area (TPSA) is 38.4 Å². The number of halogens is 2. The Labute approximate surface area is 87.6 Å². The van der Waals surface area contributed by atoms with E-state index in [0.717, 1.165) is 5.56 Å². The molecule has 0 amide bonds. The van der Waals surface area contributed by atoms with Gasteiger partial charge in [0, 0.05) is 18.0 Å². The molecule has 14 heavy (non-hydrogen) atoms. The summed E-state index contributed by atoms with van der Waals surface area (Å²) in [4.78, 5) is 4.03. The second kappa shape index (κ2) is 4.96. The van der Waals surface area contributed by atoms with Crippen LogP contribution in [0.15, 0.2) is 23.2 Å². The number of nitrogens with zero attached hydrogens (tertiary/aromatic N) is 1. The molecule has 0 saturated carbocycles. The lowest BCUT2D eigenvalue weighted by molar-refractivity contribution is 0.627. The fraction of sp³-hybridized carbons (Fsp3) is 0.300. The van der Waals surface area contributed by atoms with Crippen molar-refractivity contribution in [1.29, 1.82) is 0 Å². The Balaban J connectivity index is 2.82. The number of hydrogen-bond acceptors (Lipinski definition) is 1. The summed E-state index contributed by atoms with van der Waals surface area (Å²) in [6, 6.07) is 4.26. The highest BCUT2D eigenvalue weighted by molar-refractivity contribution is 6.31. The molecule has 1 rings (SSSR count). The van der Waals surface area contributed by atoms with E-state index < -0.39 is 0 Å². The van der Waals surface area contributed by atoms with Gasteiger partial charge >= 0.3 is 0 Å². The van der Waals surface area contributed by atoms with Gasteiger partial charge in [0.2, 0.25) is 0 Å². The SMILES string of the molecule is CCN=C(N)Cc1ccc(F)cc1Cl. The van der Waals surface area contributed by atoms with Gasteiger partial charge in [-0.05, 0) is 24.6 Å². The molecule has 0 aromatic heterocycles. The number of rotatable bonds is 3. The molecule has 4 heteroatoms. The van der Waals surface area contributed by atoms with Gasteiger partial charge < -0.3 is 5.73 Å². The molecule has 0 radical (unpaired) electrons. The maximum atomic E-state index is 12.7. The molecule has 0 fully saturated rings. The number of nitrogens with two attached hydrogens (primary N) is 1. The van der Waals surface area contributed by atoms with E-state index in [1.54, 1.807) is 6.07 Å². The van der Waals surface area contributed by atoms with Crippen LogP contribution in [0, 0.1) is 5.82 Å². The van der Waals surface area contributed by atoms with E-state index in [1.165, 1.54) is 12.1 Å². The van der Waals surface area contributed by atoms with Crippen molar-refractivity contribution in [3.05, 3.63) is 34.6 Å². The van der Waals surface area contributed by atoms with Crippen LogP contribution in [0.5, 0.6) is 0 Å². The standard InChI is InChI=1S/C10H12ClFN2/c1-2-14-10(13)5-7-3-4-8(12)6-9(7)11/h3-4,6H,2,5H2,1H3,(H2,13,14). The largest absolute Gasteiger partial charge is 0.387 e. The molecule has 0 aliphatic carbocycles. The van der Waals surface area contributed by atoms with E-state index >= 15 is 0 Å². The Bertz CT molecular complexity index is 350. The lowest BCUT2D eigenvalue weighted by atomic mass is 10.1. The highest BCUT2D eigenvalue weighted by Crippen LogP contribution is 2.17. The average molecular weight is 215 g/mol. The third-order valence-electron chi connectivity index (χ3n) is 1.75. The number of benzene rings is 1.